The van der Waals surface area contributed by atoms with E-state index in [4.69, 9.17) is 4.74 Å². The molecule has 0 unspecified atom stereocenters. The molecule has 0 bridgehead atoms. The molecule has 0 fully saturated rings. The number of ether oxygens (including phenoxy) is 1. The van der Waals surface area contributed by atoms with Gasteiger partial charge in [0.2, 0.25) is 5.88 Å². The molecule has 0 aliphatic carbocycles. The van der Waals surface area contributed by atoms with Crippen molar-refractivity contribution in [3.8, 4) is 17.0 Å². The van der Waals surface area contributed by atoms with E-state index in [1.807, 2.05) is 49.1 Å². The molecular formula is C18H23N5O. The van der Waals surface area contributed by atoms with Gasteiger partial charge in [-0.05, 0) is 31.7 Å². The number of hydrogen-bond donors (Lipinski definition) is 1. The minimum absolute atomic E-state index is 0.0554. The Balaban J connectivity index is 1.96. The van der Waals surface area contributed by atoms with Crippen molar-refractivity contribution in [3.05, 3.63) is 43.0 Å². The molecule has 0 saturated heterocycles. The molecule has 0 amide bonds. The van der Waals surface area contributed by atoms with Crippen LogP contribution in [0.4, 0.5) is 0 Å². The van der Waals surface area contributed by atoms with E-state index < -0.39 is 0 Å². The lowest BCUT2D eigenvalue weighted by Crippen LogP contribution is -2.29. The Labute approximate surface area is 141 Å². The highest BCUT2D eigenvalue weighted by Gasteiger charge is 2.16. The average molecular weight is 325 g/mol. The quantitative estimate of drug-likeness (QED) is 0.726. The van der Waals surface area contributed by atoms with E-state index in [2.05, 4.69) is 28.9 Å². The Morgan fingerprint density at radius 1 is 1.38 bits per heavy atom. The van der Waals surface area contributed by atoms with Gasteiger partial charge < -0.3 is 10.1 Å². The zero-order valence-corrected chi connectivity index (χ0v) is 14.4. The van der Waals surface area contributed by atoms with Crippen LogP contribution in [0.2, 0.25) is 0 Å². The summed E-state index contributed by atoms with van der Waals surface area (Å²) in [4.78, 5) is 4.37. The smallest absolute Gasteiger partial charge is 0.219 e. The Kier molecular flexibility index (Phi) is 4.66. The number of nitrogens with zero attached hydrogens (tertiary/aromatic N) is 4. The molecule has 24 heavy (non-hydrogen) atoms. The predicted molar refractivity (Wildman–Crippen MR) is 96.1 cm³/mol. The summed E-state index contributed by atoms with van der Waals surface area (Å²) >= 11 is 0. The number of fused-ring (bicyclic) bond motifs is 1. The van der Waals surface area contributed by atoms with Crippen molar-refractivity contribution in [1.29, 1.82) is 0 Å². The van der Waals surface area contributed by atoms with Gasteiger partial charge in [-0.25, -0.2) is 9.67 Å². The van der Waals surface area contributed by atoms with Crippen molar-refractivity contribution in [1.82, 2.24) is 24.5 Å². The molecule has 0 saturated carbocycles. The second-order valence-corrected chi connectivity index (χ2v) is 5.76. The fraction of sp³-hybridized carbons (Fsp3) is 0.333. The third-order valence-electron chi connectivity index (χ3n) is 3.93. The first-order valence-corrected chi connectivity index (χ1v) is 8.13. The fourth-order valence-electron chi connectivity index (χ4n) is 2.65. The number of aromatic nitrogens is 4. The van der Waals surface area contributed by atoms with Gasteiger partial charge in [0.25, 0.3) is 0 Å². The van der Waals surface area contributed by atoms with Crippen molar-refractivity contribution < 1.29 is 4.74 Å². The van der Waals surface area contributed by atoms with E-state index in [9.17, 15) is 0 Å². The third-order valence-corrected chi connectivity index (χ3v) is 3.93. The highest BCUT2D eigenvalue weighted by molar-refractivity contribution is 5.69. The van der Waals surface area contributed by atoms with Crippen molar-refractivity contribution in [2.45, 2.75) is 20.0 Å². The zero-order valence-electron chi connectivity index (χ0n) is 14.4. The van der Waals surface area contributed by atoms with Crippen LogP contribution < -0.4 is 10.1 Å². The number of rotatable bonds is 7. The molecule has 1 atom stereocenters. The molecule has 3 heterocycles. The maximum atomic E-state index is 6.12. The molecule has 0 spiro atoms. The summed E-state index contributed by atoms with van der Waals surface area (Å²) in [5, 5.41) is 7.66. The van der Waals surface area contributed by atoms with Gasteiger partial charge in [-0.3, -0.25) is 4.40 Å². The van der Waals surface area contributed by atoms with Crippen LogP contribution in [0.3, 0.4) is 0 Å². The van der Waals surface area contributed by atoms with E-state index in [1.54, 1.807) is 10.8 Å². The lowest BCUT2D eigenvalue weighted by Gasteiger charge is -2.16. The van der Waals surface area contributed by atoms with Crippen LogP contribution in [-0.4, -0.2) is 38.4 Å². The van der Waals surface area contributed by atoms with Crippen LogP contribution in [0, 0.1) is 0 Å². The number of nitrogens with one attached hydrogen (secondary N) is 1. The van der Waals surface area contributed by atoms with Gasteiger partial charge in [0.1, 0.15) is 11.8 Å². The van der Waals surface area contributed by atoms with Crippen LogP contribution in [0.5, 0.6) is 5.88 Å². The Hall–Kier alpha value is -2.60. The monoisotopic (exact) mass is 325 g/mol. The molecule has 0 aliphatic rings. The summed E-state index contributed by atoms with van der Waals surface area (Å²) in [7, 11) is 1.89. The molecule has 3 aromatic rings. The van der Waals surface area contributed by atoms with Crippen LogP contribution >= 0.6 is 0 Å². The SMILES string of the molecule is C=Cc1cnc2ccc(-c3cnn(C)c3O[C@@H](C)CNCC)cn12. The number of hydrogen-bond acceptors (Lipinski definition) is 4. The first-order valence-electron chi connectivity index (χ1n) is 8.13. The maximum absolute atomic E-state index is 6.12. The molecule has 1 N–H and O–H groups in total. The largest absolute Gasteiger partial charge is 0.473 e. The van der Waals surface area contributed by atoms with Crippen LogP contribution in [0.25, 0.3) is 22.9 Å². The van der Waals surface area contributed by atoms with Gasteiger partial charge in [0, 0.05) is 25.4 Å². The van der Waals surface area contributed by atoms with Gasteiger partial charge in [0.15, 0.2) is 0 Å². The molecular weight excluding hydrogens is 302 g/mol. The van der Waals surface area contributed by atoms with Gasteiger partial charge in [0.05, 0.1) is 23.7 Å². The van der Waals surface area contributed by atoms with Crippen LogP contribution in [-0.2, 0) is 7.05 Å². The Bertz CT molecular complexity index is 848. The molecule has 0 aliphatic heterocycles. The lowest BCUT2D eigenvalue weighted by molar-refractivity contribution is 0.201. The van der Waals surface area contributed by atoms with Gasteiger partial charge in [-0.1, -0.05) is 13.5 Å². The summed E-state index contributed by atoms with van der Waals surface area (Å²) < 4.78 is 9.90. The van der Waals surface area contributed by atoms with Crippen molar-refractivity contribution in [2.75, 3.05) is 13.1 Å². The number of pyridine rings is 1. The van der Waals surface area contributed by atoms with Crippen molar-refractivity contribution >= 4 is 11.7 Å². The van der Waals surface area contributed by atoms with Crippen molar-refractivity contribution in [3.63, 3.8) is 0 Å². The maximum Gasteiger partial charge on any atom is 0.219 e. The van der Waals surface area contributed by atoms with Crippen molar-refractivity contribution in [2.24, 2.45) is 7.05 Å². The summed E-state index contributed by atoms with van der Waals surface area (Å²) in [5.74, 6) is 0.764. The summed E-state index contributed by atoms with van der Waals surface area (Å²) in [6, 6.07) is 4.02. The van der Waals surface area contributed by atoms with E-state index in [1.165, 1.54) is 0 Å². The van der Waals surface area contributed by atoms with Crippen LogP contribution in [0.1, 0.15) is 19.5 Å². The lowest BCUT2D eigenvalue weighted by atomic mass is 10.1. The third kappa shape index (κ3) is 3.05. The first kappa shape index (κ1) is 16.3. The van der Waals surface area contributed by atoms with E-state index >= 15 is 0 Å². The number of aryl methyl sites for hydroxylation is 1. The zero-order chi connectivity index (χ0) is 17.1. The van der Waals surface area contributed by atoms with E-state index in [0.717, 1.165) is 41.4 Å². The standard InChI is InChI=1S/C18H23N5O/c1-5-15-10-20-17-8-7-14(12-23(15)17)16-11-21-22(4)18(16)24-13(3)9-19-6-2/h5,7-8,10-13,19H,1,6,9H2,2-4H3/t13-/m0/s1. The molecule has 3 aromatic heterocycles. The summed E-state index contributed by atoms with van der Waals surface area (Å²) in [5.41, 5.74) is 3.84. The van der Waals surface area contributed by atoms with Gasteiger partial charge >= 0.3 is 0 Å². The molecule has 3 rings (SSSR count). The van der Waals surface area contributed by atoms with Gasteiger partial charge in [-0.2, -0.15) is 5.10 Å². The summed E-state index contributed by atoms with van der Waals surface area (Å²) in [6.07, 6.45) is 7.53. The average Bonchev–Trinajstić information content (AvgIpc) is 3.16. The Morgan fingerprint density at radius 3 is 2.96 bits per heavy atom. The normalized spacial score (nSPS) is 12.5. The summed E-state index contributed by atoms with van der Waals surface area (Å²) in [6.45, 7) is 9.69. The fourth-order valence-corrected chi connectivity index (χ4v) is 2.65. The van der Waals surface area contributed by atoms with Crippen LogP contribution in [0.15, 0.2) is 37.3 Å². The first-order chi connectivity index (χ1) is 11.6. The minimum Gasteiger partial charge on any atom is -0.473 e. The molecule has 6 heteroatoms. The molecule has 0 aromatic carbocycles. The molecule has 126 valence electrons. The minimum atomic E-state index is 0.0554. The number of imidazole rings is 1. The number of likely N-dealkylation sites (N-methyl/N-ethyl adjacent to an activating group) is 1. The highest BCUT2D eigenvalue weighted by atomic mass is 16.5. The second-order valence-electron chi connectivity index (χ2n) is 5.76. The van der Waals surface area contributed by atoms with E-state index in [0.29, 0.717) is 0 Å². The topological polar surface area (TPSA) is 56.4 Å². The molecule has 6 nitrogen and oxygen atoms in total. The van der Waals surface area contributed by atoms with E-state index in [-0.39, 0.29) is 6.10 Å². The highest BCUT2D eigenvalue weighted by Crippen LogP contribution is 2.30. The predicted octanol–water partition coefficient (Wildman–Crippen LogP) is 2.75. The van der Waals surface area contributed by atoms with Gasteiger partial charge in [-0.15, -0.1) is 0 Å². The Morgan fingerprint density at radius 2 is 2.21 bits per heavy atom. The second kappa shape index (κ2) is 6.88. The molecule has 0 radical (unpaired) electrons.